The second kappa shape index (κ2) is 6.28. The minimum Gasteiger partial charge on any atom is -0.486 e. The number of rotatable bonds is 3. The maximum atomic E-state index is 12.6. The monoisotopic (exact) mass is 329 g/mol. The van der Waals surface area contributed by atoms with Gasteiger partial charge in [-0.25, -0.2) is 0 Å². The minimum atomic E-state index is -0.713. The molecule has 2 heterocycles. The number of amides is 1. The number of carbonyl (C=O) groups is 1. The molecule has 24 heavy (non-hydrogen) atoms. The van der Waals surface area contributed by atoms with Crippen LogP contribution in [0.15, 0.2) is 36.4 Å². The maximum Gasteiger partial charge on any atom is 0.274 e. The van der Waals surface area contributed by atoms with Gasteiger partial charge < -0.3 is 14.7 Å². The van der Waals surface area contributed by atoms with E-state index < -0.39 is 12.2 Å². The summed E-state index contributed by atoms with van der Waals surface area (Å²) in [5.41, 5.74) is 1.17. The second-order valence-electron chi connectivity index (χ2n) is 7.16. The van der Waals surface area contributed by atoms with Crippen molar-refractivity contribution < 1.29 is 14.6 Å². The van der Waals surface area contributed by atoms with Crippen LogP contribution in [-0.4, -0.2) is 51.4 Å². The van der Waals surface area contributed by atoms with Crippen molar-refractivity contribution in [2.24, 2.45) is 0 Å². The summed E-state index contributed by atoms with van der Waals surface area (Å²) in [5, 5.41) is 17.2. The number of aliphatic hydroxyl groups is 1. The number of benzene rings is 1. The second-order valence-corrected chi connectivity index (χ2v) is 7.16. The molecule has 0 bridgehead atoms. The number of nitrogens with one attached hydrogen (secondary N) is 1. The van der Waals surface area contributed by atoms with E-state index in [-0.39, 0.29) is 17.9 Å². The van der Waals surface area contributed by atoms with Crippen molar-refractivity contribution >= 4 is 5.91 Å². The Labute approximate surface area is 141 Å². The highest BCUT2D eigenvalue weighted by Crippen LogP contribution is 2.23. The van der Waals surface area contributed by atoms with Gasteiger partial charge in [-0.3, -0.25) is 9.89 Å². The average molecular weight is 329 g/mol. The Bertz CT molecular complexity index is 706. The molecule has 1 aliphatic rings. The van der Waals surface area contributed by atoms with Gasteiger partial charge in [0.1, 0.15) is 23.7 Å². The Morgan fingerprint density at radius 1 is 1.29 bits per heavy atom. The van der Waals surface area contributed by atoms with Crippen LogP contribution in [0.3, 0.4) is 0 Å². The van der Waals surface area contributed by atoms with Crippen molar-refractivity contribution in [3.05, 3.63) is 47.8 Å². The summed E-state index contributed by atoms with van der Waals surface area (Å²) in [4.78, 5) is 14.2. The lowest BCUT2D eigenvalue weighted by molar-refractivity contribution is 0.0728. The summed E-state index contributed by atoms with van der Waals surface area (Å²) in [6.45, 7) is 6.75. The van der Waals surface area contributed by atoms with E-state index in [0.717, 1.165) is 5.69 Å². The number of nitrogens with zero attached hydrogens (tertiary/aromatic N) is 2. The topological polar surface area (TPSA) is 78.5 Å². The largest absolute Gasteiger partial charge is 0.486 e. The van der Waals surface area contributed by atoms with E-state index >= 15 is 0 Å². The molecule has 0 spiro atoms. The summed E-state index contributed by atoms with van der Waals surface area (Å²) < 4.78 is 5.79. The molecule has 1 fully saturated rings. The van der Waals surface area contributed by atoms with E-state index in [1.807, 2.05) is 30.3 Å². The Morgan fingerprint density at radius 3 is 2.62 bits per heavy atom. The quantitative estimate of drug-likeness (QED) is 0.902. The van der Waals surface area contributed by atoms with Crippen molar-refractivity contribution in [1.29, 1.82) is 0 Å². The van der Waals surface area contributed by atoms with Gasteiger partial charge in [-0.05, 0) is 18.2 Å². The van der Waals surface area contributed by atoms with E-state index in [0.29, 0.717) is 18.0 Å². The zero-order valence-electron chi connectivity index (χ0n) is 14.2. The van der Waals surface area contributed by atoms with E-state index in [4.69, 9.17) is 4.74 Å². The third-order valence-corrected chi connectivity index (χ3v) is 4.16. The number of β-amino-alcohol motifs (C(OH)–C–C–N with tert-alkyl or cyclic N) is 1. The van der Waals surface area contributed by atoms with Crippen molar-refractivity contribution in [1.82, 2.24) is 15.1 Å². The maximum absolute atomic E-state index is 12.6. The fourth-order valence-corrected chi connectivity index (χ4v) is 2.69. The van der Waals surface area contributed by atoms with Crippen LogP contribution in [0, 0.1) is 0 Å². The fourth-order valence-electron chi connectivity index (χ4n) is 2.69. The zero-order chi connectivity index (χ0) is 17.3. The van der Waals surface area contributed by atoms with E-state index in [1.165, 1.54) is 0 Å². The highest BCUT2D eigenvalue weighted by molar-refractivity contribution is 5.92. The molecule has 2 atom stereocenters. The van der Waals surface area contributed by atoms with Gasteiger partial charge in [0.2, 0.25) is 0 Å². The molecule has 0 radical (unpaired) electrons. The van der Waals surface area contributed by atoms with Gasteiger partial charge >= 0.3 is 0 Å². The van der Waals surface area contributed by atoms with Crippen LogP contribution in [0.2, 0.25) is 0 Å². The van der Waals surface area contributed by atoms with Gasteiger partial charge in [-0.2, -0.15) is 5.10 Å². The van der Waals surface area contributed by atoms with Crippen molar-refractivity contribution in [3.63, 3.8) is 0 Å². The molecule has 2 N–H and O–H groups in total. The van der Waals surface area contributed by atoms with Crippen LogP contribution in [0.25, 0.3) is 0 Å². The molecule has 1 aliphatic heterocycles. The summed E-state index contributed by atoms with van der Waals surface area (Å²) in [7, 11) is 0. The third kappa shape index (κ3) is 3.43. The number of ether oxygens (including phenoxy) is 1. The Hall–Kier alpha value is -2.34. The molecule has 3 rings (SSSR count). The molecule has 1 aromatic carbocycles. The summed E-state index contributed by atoms with van der Waals surface area (Å²) in [6.07, 6.45) is -1.15. The number of hydrogen-bond donors (Lipinski definition) is 2. The number of H-pyrrole nitrogens is 1. The lowest BCUT2D eigenvalue weighted by atomic mass is 9.92. The highest BCUT2D eigenvalue weighted by atomic mass is 16.5. The standard InChI is InChI=1S/C18H23N3O3/c1-18(2,3)16-9-13(19-20-16)17(23)21-10-14(22)15(11-21)24-12-7-5-4-6-8-12/h4-9,14-15,22H,10-11H2,1-3H3,(H,19,20)/t14-,15-/m1/s1. The lowest BCUT2D eigenvalue weighted by Gasteiger charge is -2.16. The lowest BCUT2D eigenvalue weighted by Crippen LogP contribution is -2.31. The number of para-hydroxylation sites is 1. The first kappa shape index (κ1) is 16.5. The van der Waals surface area contributed by atoms with Crippen molar-refractivity contribution in [2.45, 2.75) is 38.4 Å². The van der Waals surface area contributed by atoms with Crippen LogP contribution >= 0.6 is 0 Å². The van der Waals surface area contributed by atoms with Gasteiger partial charge in [0.15, 0.2) is 0 Å². The molecule has 0 aliphatic carbocycles. The Kier molecular flexibility index (Phi) is 4.32. The Morgan fingerprint density at radius 2 is 2.00 bits per heavy atom. The molecule has 0 unspecified atom stereocenters. The summed E-state index contributed by atoms with van der Waals surface area (Å²) >= 11 is 0. The van der Waals surface area contributed by atoms with E-state index in [9.17, 15) is 9.90 Å². The molecular formula is C18H23N3O3. The number of likely N-dealkylation sites (tertiary alicyclic amines) is 1. The van der Waals surface area contributed by atoms with Gasteiger partial charge in [0.05, 0.1) is 13.1 Å². The Balaban J connectivity index is 1.68. The first-order valence-corrected chi connectivity index (χ1v) is 8.09. The zero-order valence-corrected chi connectivity index (χ0v) is 14.2. The number of carbonyl (C=O) groups excluding carboxylic acids is 1. The number of aromatic amines is 1. The van der Waals surface area contributed by atoms with Crippen LogP contribution in [-0.2, 0) is 5.41 Å². The molecule has 1 aromatic heterocycles. The van der Waals surface area contributed by atoms with Crippen LogP contribution in [0.1, 0.15) is 37.0 Å². The number of aliphatic hydroxyl groups excluding tert-OH is 1. The predicted molar refractivity (Wildman–Crippen MR) is 90.1 cm³/mol. The van der Waals surface area contributed by atoms with E-state index in [1.54, 1.807) is 11.0 Å². The molecule has 6 heteroatoms. The predicted octanol–water partition coefficient (Wildman–Crippen LogP) is 1.97. The van der Waals surface area contributed by atoms with Crippen LogP contribution in [0.4, 0.5) is 0 Å². The number of hydrogen-bond acceptors (Lipinski definition) is 4. The van der Waals surface area contributed by atoms with Gasteiger partial charge in [-0.15, -0.1) is 0 Å². The highest BCUT2D eigenvalue weighted by Gasteiger charge is 2.37. The van der Waals surface area contributed by atoms with Gasteiger partial charge in [0, 0.05) is 11.1 Å². The molecule has 2 aromatic rings. The minimum absolute atomic E-state index is 0.102. The van der Waals surface area contributed by atoms with Crippen molar-refractivity contribution in [3.8, 4) is 5.75 Å². The van der Waals surface area contributed by atoms with Crippen LogP contribution in [0.5, 0.6) is 5.75 Å². The molecule has 1 saturated heterocycles. The average Bonchev–Trinajstić information content (AvgIpc) is 3.15. The molecule has 1 amide bonds. The SMILES string of the molecule is CC(C)(C)c1cc(C(=O)N2C[C@@H](O)[C@H](Oc3ccccc3)C2)n[nH]1. The molecule has 6 nitrogen and oxygen atoms in total. The smallest absolute Gasteiger partial charge is 0.274 e. The number of aromatic nitrogens is 2. The normalized spacial score (nSPS) is 21.1. The van der Waals surface area contributed by atoms with Crippen molar-refractivity contribution in [2.75, 3.05) is 13.1 Å². The molecule has 128 valence electrons. The van der Waals surface area contributed by atoms with Crippen LogP contribution < -0.4 is 4.74 Å². The van der Waals surface area contributed by atoms with E-state index in [2.05, 4.69) is 31.0 Å². The first-order valence-electron chi connectivity index (χ1n) is 8.09. The first-order chi connectivity index (χ1) is 11.3. The summed E-state index contributed by atoms with van der Waals surface area (Å²) in [6, 6.07) is 11.1. The fraction of sp³-hybridized carbons (Fsp3) is 0.444. The summed E-state index contributed by atoms with van der Waals surface area (Å²) in [5.74, 6) is 0.491. The van der Waals surface area contributed by atoms with Gasteiger partial charge in [-0.1, -0.05) is 39.0 Å². The molecule has 0 saturated carbocycles. The molecular weight excluding hydrogens is 306 g/mol. The van der Waals surface area contributed by atoms with Gasteiger partial charge in [0.25, 0.3) is 5.91 Å². The third-order valence-electron chi connectivity index (χ3n) is 4.16.